The molecule has 1 amide bonds. The van der Waals surface area contributed by atoms with Crippen LogP contribution in [0, 0.1) is 6.92 Å². The van der Waals surface area contributed by atoms with Crippen molar-refractivity contribution in [2.24, 2.45) is 0 Å². The fraction of sp³-hybridized carbons (Fsp3) is 0.615. The molecule has 0 aromatic carbocycles. The number of nitrogens with zero attached hydrogens (tertiary/aromatic N) is 2. The van der Waals surface area contributed by atoms with E-state index in [-0.39, 0.29) is 29.6 Å². The fourth-order valence-electron chi connectivity index (χ4n) is 1.54. The van der Waals surface area contributed by atoms with E-state index in [2.05, 4.69) is 10.3 Å². The third-order valence-electron chi connectivity index (χ3n) is 2.95. The molecule has 0 radical (unpaired) electrons. The van der Waals surface area contributed by atoms with Gasteiger partial charge in [0, 0.05) is 17.3 Å². The first-order chi connectivity index (χ1) is 8.79. The van der Waals surface area contributed by atoms with Gasteiger partial charge in [-0.15, -0.1) is 0 Å². The molecule has 1 N–H and O–H groups in total. The van der Waals surface area contributed by atoms with E-state index in [9.17, 15) is 9.59 Å². The molecular formula is C13H21N3O3. The van der Waals surface area contributed by atoms with E-state index in [1.165, 1.54) is 17.7 Å². The van der Waals surface area contributed by atoms with Crippen LogP contribution in [0.1, 0.15) is 32.9 Å². The number of nitrogens with one attached hydrogen (secondary N) is 1. The standard InChI is InChI=1S/C13H21N3O3/c1-6-13(3,4)15-10(17)8-16-11(18)7-9(2)14-12(16)19-5/h7H,6,8H2,1-5H3,(H,15,17). The highest BCUT2D eigenvalue weighted by molar-refractivity contribution is 5.76. The summed E-state index contributed by atoms with van der Waals surface area (Å²) in [5.41, 5.74) is -0.0346. The van der Waals surface area contributed by atoms with Crippen molar-refractivity contribution in [2.45, 2.75) is 46.2 Å². The molecule has 0 fully saturated rings. The van der Waals surface area contributed by atoms with Crippen LogP contribution >= 0.6 is 0 Å². The molecule has 0 aliphatic carbocycles. The third kappa shape index (κ3) is 4.08. The molecule has 1 aromatic rings. The Morgan fingerprint density at radius 1 is 1.53 bits per heavy atom. The average Bonchev–Trinajstić information content (AvgIpc) is 2.31. The van der Waals surface area contributed by atoms with Gasteiger partial charge in [0.2, 0.25) is 5.91 Å². The largest absolute Gasteiger partial charge is 0.468 e. The Bertz CT molecular complexity index is 520. The highest BCUT2D eigenvalue weighted by Gasteiger charge is 2.19. The second-order valence-corrected chi connectivity index (χ2v) is 5.09. The summed E-state index contributed by atoms with van der Waals surface area (Å²) in [5.74, 6) is -0.238. The summed E-state index contributed by atoms with van der Waals surface area (Å²) in [6.45, 7) is 7.45. The number of aryl methyl sites for hydroxylation is 1. The number of carbonyl (C=O) groups is 1. The lowest BCUT2D eigenvalue weighted by Crippen LogP contribution is -2.45. The number of amides is 1. The van der Waals surface area contributed by atoms with E-state index >= 15 is 0 Å². The van der Waals surface area contributed by atoms with Crippen molar-refractivity contribution < 1.29 is 9.53 Å². The predicted molar refractivity (Wildman–Crippen MR) is 72.3 cm³/mol. The number of hydrogen-bond acceptors (Lipinski definition) is 4. The number of methoxy groups -OCH3 is 1. The van der Waals surface area contributed by atoms with Gasteiger partial charge in [-0.2, -0.15) is 0 Å². The Labute approximate surface area is 112 Å². The zero-order valence-corrected chi connectivity index (χ0v) is 12.1. The minimum Gasteiger partial charge on any atom is -0.468 e. The molecule has 0 atom stereocenters. The summed E-state index contributed by atoms with van der Waals surface area (Å²) in [6, 6.07) is 1.52. The van der Waals surface area contributed by atoms with Crippen molar-refractivity contribution >= 4 is 5.91 Å². The third-order valence-corrected chi connectivity index (χ3v) is 2.95. The van der Waals surface area contributed by atoms with E-state index in [1.54, 1.807) is 6.92 Å². The van der Waals surface area contributed by atoms with Crippen LogP contribution in [0.4, 0.5) is 0 Å². The minimum atomic E-state index is -0.300. The van der Waals surface area contributed by atoms with Crippen LogP contribution < -0.4 is 15.6 Å². The lowest BCUT2D eigenvalue weighted by molar-refractivity contribution is -0.123. The van der Waals surface area contributed by atoms with Crippen LogP contribution in [-0.4, -0.2) is 28.1 Å². The van der Waals surface area contributed by atoms with Crippen molar-refractivity contribution in [1.82, 2.24) is 14.9 Å². The van der Waals surface area contributed by atoms with Crippen LogP contribution in [0.5, 0.6) is 6.01 Å². The molecule has 0 unspecified atom stereocenters. The fourth-order valence-corrected chi connectivity index (χ4v) is 1.54. The van der Waals surface area contributed by atoms with Crippen molar-refractivity contribution in [3.63, 3.8) is 0 Å². The van der Waals surface area contributed by atoms with E-state index in [0.717, 1.165) is 6.42 Å². The highest BCUT2D eigenvalue weighted by atomic mass is 16.5. The van der Waals surface area contributed by atoms with Gasteiger partial charge in [0.05, 0.1) is 7.11 Å². The van der Waals surface area contributed by atoms with Gasteiger partial charge in [0.1, 0.15) is 6.54 Å². The maximum absolute atomic E-state index is 11.9. The van der Waals surface area contributed by atoms with Gasteiger partial charge < -0.3 is 10.1 Å². The number of hydrogen-bond donors (Lipinski definition) is 1. The first kappa shape index (κ1) is 15.2. The quantitative estimate of drug-likeness (QED) is 0.859. The van der Waals surface area contributed by atoms with Gasteiger partial charge in [-0.05, 0) is 27.2 Å². The van der Waals surface area contributed by atoms with Gasteiger partial charge in [0.25, 0.3) is 11.6 Å². The Morgan fingerprint density at radius 2 is 2.16 bits per heavy atom. The first-order valence-electron chi connectivity index (χ1n) is 6.22. The van der Waals surface area contributed by atoms with Crippen LogP contribution in [0.25, 0.3) is 0 Å². The number of ether oxygens (including phenoxy) is 1. The van der Waals surface area contributed by atoms with E-state index < -0.39 is 0 Å². The molecule has 0 saturated heterocycles. The molecule has 0 aliphatic rings. The Morgan fingerprint density at radius 3 is 2.68 bits per heavy atom. The molecule has 6 nitrogen and oxygen atoms in total. The molecule has 0 bridgehead atoms. The minimum absolute atomic E-state index is 0.0985. The van der Waals surface area contributed by atoms with Crippen molar-refractivity contribution in [2.75, 3.05) is 7.11 Å². The summed E-state index contributed by atoms with van der Waals surface area (Å²) < 4.78 is 6.25. The molecule has 0 aliphatic heterocycles. The highest BCUT2D eigenvalue weighted by Crippen LogP contribution is 2.08. The maximum atomic E-state index is 11.9. The monoisotopic (exact) mass is 267 g/mol. The summed E-state index contributed by atoms with van der Waals surface area (Å²) in [6.07, 6.45) is 0.803. The first-order valence-corrected chi connectivity index (χ1v) is 6.22. The zero-order chi connectivity index (χ0) is 14.6. The molecule has 1 heterocycles. The lowest BCUT2D eigenvalue weighted by atomic mass is 10.0. The lowest BCUT2D eigenvalue weighted by Gasteiger charge is -2.24. The Kier molecular flexibility index (Phi) is 4.69. The number of rotatable bonds is 5. The number of aromatic nitrogens is 2. The molecule has 106 valence electrons. The summed E-state index contributed by atoms with van der Waals surface area (Å²) in [5, 5.41) is 2.87. The second-order valence-electron chi connectivity index (χ2n) is 5.09. The van der Waals surface area contributed by atoms with Crippen molar-refractivity contribution in [3.05, 3.63) is 22.1 Å². The number of carbonyl (C=O) groups excluding carboxylic acids is 1. The summed E-state index contributed by atoms with van der Waals surface area (Å²) >= 11 is 0. The topological polar surface area (TPSA) is 73.2 Å². The Balaban J connectivity index is 2.94. The average molecular weight is 267 g/mol. The van der Waals surface area contributed by atoms with Crippen LogP contribution in [0.3, 0.4) is 0 Å². The summed E-state index contributed by atoms with van der Waals surface area (Å²) in [4.78, 5) is 27.9. The predicted octanol–water partition coefficient (Wildman–Crippen LogP) is 0.865. The SMILES string of the molecule is CCC(C)(C)NC(=O)Cn1c(OC)nc(C)cc1=O. The van der Waals surface area contributed by atoms with E-state index in [0.29, 0.717) is 5.69 Å². The van der Waals surface area contributed by atoms with Crippen LogP contribution in [0.15, 0.2) is 10.9 Å². The van der Waals surface area contributed by atoms with Gasteiger partial charge >= 0.3 is 0 Å². The smallest absolute Gasteiger partial charge is 0.299 e. The van der Waals surface area contributed by atoms with Gasteiger partial charge in [-0.3, -0.25) is 14.2 Å². The summed E-state index contributed by atoms with van der Waals surface area (Å²) in [7, 11) is 1.42. The second kappa shape index (κ2) is 5.86. The molecule has 0 saturated carbocycles. The van der Waals surface area contributed by atoms with E-state index in [4.69, 9.17) is 4.74 Å². The maximum Gasteiger partial charge on any atom is 0.299 e. The van der Waals surface area contributed by atoms with Gasteiger partial charge in [-0.25, -0.2) is 4.98 Å². The van der Waals surface area contributed by atoms with E-state index in [1.807, 2.05) is 20.8 Å². The molecule has 1 aromatic heterocycles. The molecule has 1 rings (SSSR count). The van der Waals surface area contributed by atoms with Crippen molar-refractivity contribution in [3.8, 4) is 6.01 Å². The normalized spacial score (nSPS) is 11.2. The van der Waals surface area contributed by atoms with Crippen LogP contribution in [-0.2, 0) is 11.3 Å². The molecule has 6 heteroatoms. The molecule has 19 heavy (non-hydrogen) atoms. The van der Waals surface area contributed by atoms with Crippen LogP contribution in [0.2, 0.25) is 0 Å². The Hall–Kier alpha value is -1.85. The van der Waals surface area contributed by atoms with Gasteiger partial charge in [0.15, 0.2) is 0 Å². The molecule has 0 spiro atoms. The molecular weight excluding hydrogens is 246 g/mol. The van der Waals surface area contributed by atoms with Gasteiger partial charge in [-0.1, -0.05) is 6.92 Å². The van der Waals surface area contributed by atoms with Crippen molar-refractivity contribution in [1.29, 1.82) is 0 Å². The zero-order valence-electron chi connectivity index (χ0n) is 12.1.